The fraction of sp³-hybridized carbons (Fsp3) is 0.367. The highest BCUT2D eigenvalue weighted by molar-refractivity contribution is 5.89. The Morgan fingerprint density at radius 3 is 1.84 bits per heavy atom. The lowest BCUT2D eigenvalue weighted by Gasteiger charge is -2.23. The number of methoxy groups -OCH3 is 2. The minimum atomic E-state index is -0.325. The molecule has 4 rings (SSSR count). The summed E-state index contributed by atoms with van der Waals surface area (Å²) < 4.78 is 9.77. The van der Waals surface area contributed by atoms with Crippen molar-refractivity contribution in [1.82, 2.24) is 20.1 Å². The van der Waals surface area contributed by atoms with Gasteiger partial charge in [-0.15, -0.1) is 0 Å². The van der Waals surface area contributed by atoms with E-state index in [-0.39, 0.29) is 11.9 Å². The van der Waals surface area contributed by atoms with Crippen molar-refractivity contribution in [3.8, 4) is 0 Å². The molecule has 200 valence electrons. The van der Waals surface area contributed by atoms with E-state index in [1.54, 1.807) is 12.1 Å². The van der Waals surface area contributed by atoms with Gasteiger partial charge in [-0.05, 0) is 60.5 Å². The zero-order chi connectivity index (χ0) is 26.7. The largest absolute Gasteiger partial charge is 0.465 e. The fourth-order valence-electron chi connectivity index (χ4n) is 4.73. The van der Waals surface area contributed by atoms with Gasteiger partial charge in [-0.25, -0.2) is 9.59 Å². The molecule has 0 unspecified atom stereocenters. The topological polar surface area (TPSA) is 84.0 Å². The predicted octanol–water partition coefficient (Wildman–Crippen LogP) is 3.65. The average molecular weight is 517 g/mol. The molecule has 0 aliphatic carbocycles. The fourth-order valence-corrected chi connectivity index (χ4v) is 4.73. The van der Waals surface area contributed by atoms with Crippen molar-refractivity contribution in [2.24, 2.45) is 0 Å². The number of nitrogens with zero attached hydrogens (tertiary/aromatic N) is 3. The van der Waals surface area contributed by atoms with Gasteiger partial charge in [0.2, 0.25) is 0 Å². The minimum absolute atomic E-state index is 0.322. The molecule has 8 heteroatoms. The van der Waals surface area contributed by atoms with Crippen LogP contribution in [0.5, 0.6) is 0 Å². The van der Waals surface area contributed by atoms with Crippen LogP contribution in [0.15, 0.2) is 66.7 Å². The number of hydrogen-bond acceptors (Lipinski definition) is 8. The summed E-state index contributed by atoms with van der Waals surface area (Å²) in [6.45, 7) is 6.40. The quantitative estimate of drug-likeness (QED) is 0.497. The maximum atomic E-state index is 12.0. The number of benzene rings is 2. The van der Waals surface area contributed by atoms with Crippen molar-refractivity contribution in [2.75, 3.05) is 40.4 Å². The third kappa shape index (κ3) is 7.95. The molecule has 0 atom stereocenters. The van der Waals surface area contributed by atoms with E-state index in [1.807, 2.05) is 36.4 Å². The highest BCUT2D eigenvalue weighted by Crippen LogP contribution is 2.15. The molecule has 1 aliphatic heterocycles. The Kier molecular flexibility index (Phi) is 9.97. The number of carbonyl (C=O) groups is 2. The molecule has 2 aromatic carbocycles. The first-order valence-electron chi connectivity index (χ1n) is 13.0. The van der Waals surface area contributed by atoms with Crippen LogP contribution in [0.3, 0.4) is 0 Å². The molecule has 0 spiro atoms. The molecule has 0 amide bonds. The van der Waals surface area contributed by atoms with Crippen LogP contribution in [0, 0.1) is 0 Å². The Morgan fingerprint density at radius 2 is 1.29 bits per heavy atom. The van der Waals surface area contributed by atoms with Crippen LogP contribution in [0.1, 0.15) is 49.7 Å². The molecule has 0 fully saturated rings. The summed E-state index contributed by atoms with van der Waals surface area (Å²) in [4.78, 5) is 33.7. The summed E-state index contributed by atoms with van der Waals surface area (Å²) in [6.07, 6.45) is 0.998. The monoisotopic (exact) mass is 516 g/mol. The number of esters is 2. The number of carbonyl (C=O) groups excluding carboxylic acids is 2. The molecular weight excluding hydrogens is 480 g/mol. The number of aromatic nitrogens is 1. The van der Waals surface area contributed by atoms with E-state index in [0.29, 0.717) is 24.2 Å². The standard InChI is InChI=1S/C30H36N4O4/c1-37-29(35)25-9-3-7-23(17-25)19-33-15-6-13-31-14-16-34(22-28-12-5-11-27(21-33)32-28)20-24-8-4-10-26(18-24)30(36)38-2/h3-5,7-12,17-18,31H,6,13-16,19-22H2,1-2H3. The van der Waals surface area contributed by atoms with Gasteiger partial charge >= 0.3 is 11.9 Å². The van der Waals surface area contributed by atoms with E-state index in [9.17, 15) is 9.59 Å². The Balaban J connectivity index is 1.49. The average Bonchev–Trinajstić information content (AvgIpc) is 2.94. The van der Waals surface area contributed by atoms with Crippen LogP contribution in [-0.2, 0) is 35.7 Å². The number of hydrogen-bond donors (Lipinski definition) is 1. The maximum absolute atomic E-state index is 12.0. The molecule has 3 aromatic rings. The van der Waals surface area contributed by atoms with Gasteiger partial charge in [0.05, 0.1) is 36.7 Å². The third-order valence-electron chi connectivity index (χ3n) is 6.58. The van der Waals surface area contributed by atoms with E-state index < -0.39 is 0 Å². The van der Waals surface area contributed by atoms with Crippen LogP contribution in [0.2, 0.25) is 0 Å². The Morgan fingerprint density at radius 1 is 0.763 bits per heavy atom. The highest BCUT2D eigenvalue weighted by atomic mass is 16.5. The second-order valence-corrected chi connectivity index (χ2v) is 9.53. The van der Waals surface area contributed by atoms with E-state index in [0.717, 1.165) is 68.2 Å². The van der Waals surface area contributed by atoms with E-state index >= 15 is 0 Å². The molecular formula is C30H36N4O4. The Labute approximate surface area is 224 Å². The van der Waals surface area contributed by atoms with Crippen molar-refractivity contribution >= 4 is 11.9 Å². The molecule has 2 bridgehead atoms. The van der Waals surface area contributed by atoms with Crippen molar-refractivity contribution in [3.63, 3.8) is 0 Å². The Bertz CT molecular complexity index is 1140. The summed E-state index contributed by atoms with van der Waals surface area (Å²) in [6, 6.07) is 21.5. The third-order valence-corrected chi connectivity index (χ3v) is 6.58. The van der Waals surface area contributed by atoms with Crippen LogP contribution in [0.4, 0.5) is 0 Å². The molecule has 1 aliphatic rings. The predicted molar refractivity (Wildman–Crippen MR) is 146 cm³/mol. The minimum Gasteiger partial charge on any atom is -0.465 e. The van der Waals surface area contributed by atoms with E-state index in [1.165, 1.54) is 14.2 Å². The van der Waals surface area contributed by atoms with Crippen molar-refractivity contribution in [1.29, 1.82) is 0 Å². The highest BCUT2D eigenvalue weighted by Gasteiger charge is 2.15. The van der Waals surface area contributed by atoms with Crippen molar-refractivity contribution < 1.29 is 19.1 Å². The summed E-state index contributed by atoms with van der Waals surface area (Å²) in [7, 11) is 2.80. The first-order valence-corrected chi connectivity index (χ1v) is 13.0. The summed E-state index contributed by atoms with van der Waals surface area (Å²) >= 11 is 0. The van der Waals surface area contributed by atoms with Crippen LogP contribution in [-0.4, -0.2) is 67.1 Å². The first-order chi connectivity index (χ1) is 18.5. The second kappa shape index (κ2) is 13.8. The summed E-state index contributed by atoms with van der Waals surface area (Å²) in [5.41, 5.74) is 5.29. The van der Waals surface area contributed by atoms with Gasteiger partial charge in [0.1, 0.15) is 0 Å². The van der Waals surface area contributed by atoms with Gasteiger partial charge in [-0.3, -0.25) is 14.8 Å². The van der Waals surface area contributed by atoms with Gasteiger partial charge in [-0.2, -0.15) is 0 Å². The smallest absolute Gasteiger partial charge is 0.337 e. The van der Waals surface area contributed by atoms with Crippen molar-refractivity contribution in [2.45, 2.75) is 32.6 Å². The molecule has 1 N–H and O–H groups in total. The number of pyridine rings is 1. The molecule has 0 saturated heterocycles. The lowest BCUT2D eigenvalue weighted by Crippen LogP contribution is -2.33. The van der Waals surface area contributed by atoms with Gasteiger partial charge < -0.3 is 14.8 Å². The molecule has 38 heavy (non-hydrogen) atoms. The zero-order valence-corrected chi connectivity index (χ0v) is 22.2. The van der Waals surface area contributed by atoms with Crippen molar-refractivity contribution in [3.05, 3.63) is 100 Å². The number of nitrogens with one attached hydrogen (secondary N) is 1. The van der Waals surface area contributed by atoms with Gasteiger partial charge in [-0.1, -0.05) is 30.3 Å². The second-order valence-electron chi connectivity index (χ2n) is 9.53. The molecule has 8 nitrogen and oxygen atoms in total. The normalized spacial score (nSPS) is 15.5. The summed E-state index contributed by atoms with van der Waals surface area (Å²) in [5, 5.41) is 3.58. The lowest BCUT2D eigenvalue weighted by atomic mass is 10.1. The zero-order valence-electron chi connectivity index (χ0n) is 22.2. The first kappa shape index (κ1) is 27.4. The number of rotatable bonds is 6. The van der Waals surface area contributed by atoms with E-state index in [4.69, 9.17) is 14.5 Å². The van der Waals surface area contributed by atoms with E-state index in [2.05, 4.69) is 33.3 Å². The van der Waals surface area contributed by atoms with Gasteiger partial charge in [0, 0.05) is 45.8 Å². The maximum Gasteiger partial charge on any atom is 0.337 e. The molecule has 0 radical (unpaired) electrons. The summed E-state index contributed by atoms with van der Waals surface area (Å²) in [5.74, 6) is -0.647. The molecule has 2 heterocycles. The van der Waals surface area contributed by atoms with Crippen LogP contribution < -0.4 is 5.32 Å². The van der Waals surface area contributed by atoms with Crippen LogP contribution >= 0.6 is 0 Å². The van der Waals surface area contributed by atoms with Gasteiger partial charge in [0.15, 0.2) is 0 Å². The number of fused-ring (bicyclic) bond motifs is 2. The van der Waals surface area contributed by atoms with Gasteiger partial charge in [0.25, 0.3) is 0 Å². The van der Waals surface area contributed by atoms with Crippen LogP contribution in [0.25, 0.3) is 0 Å². The Hall–Kier alpha value is -3.59. The molecule has 0 saturated carbocycles. The number of ether oxygens (including phenoxy) is 2. The lowest BCUT2D eigenvalue weighted by molar-refractivity contribution is 0.0591. The SMILES string of the molecule is COC(=O)c1cccc(CN2CCCNCCN(Cc3cccc(C(=O)OC)c3)Cc3cccc(n3)C2)c1. The molecule has 1 aromatic heterocycles.